The number of hydrogen-bond acceptors (Lipinski definition) is 6. The fourth-order valence-corrected chi connectivity index (χ4v) is 5.66. The molecule has 0 N–H and O–H groups in total. The zero-order chi connectivity index (χ0) is 23.5. The standard InChI is InChI=1S/C26H24BrN3O3S/c27-22-13-11-21(12-14-22)24-28-25(34(31,32)23-9-5-2-6-10-23)26(33-24)30-17-15-29(16-18-30)19-20-7-3-1-4-8-20/h1-14H,15-19H2. The summed E-state index contributed by atoms with van der Waals surface area (Å²) in [5, 5.41) is -0.0341. The van der Waals surface area contributed by atoms with Gasteiger partial charge in [0.05, 0.1) is 4.90 Å². The quantitative estimate of drug-likeness (QED) is 0.334. The molecule has 0 bridgehead atoms. The van der Waals surface area contributed by atoms with Crippen molar-refractivity contribution in [3.8, 4) is 11.5 Å². The van der Waals surface area contributed by atoms with Crippen LogP contribution in [0.1, 0.15) is 5.56 Å². The molecule has 0 amide bonds. The van der Waals surface area contributed by atoms with Gasteiger partial charge < -0.3 is 9.32 Å². The third kappa shape index (κ3) is 4.80. The van der Waals surface area contributed by atoms with Crippen LogP contribution in [0.2, 0.25) is 0 Å². The van der Waals surface area contributed by atoms with E-state index in [2.05, 4.69) is 37.9 Å². The second kappa shape index (κ2) is 9.74. The summed E-state index contributed by atoms with van der Waals surface area (Å²) in [6, 6.07) is 26.2. The summed E-state index contributed by atoms with van der Waals surface area (Å²) in [4.78, 5) is 9.06. The van der Waals surface area contributed by atoms with Crippen LogP contribution < -0.4 is 4.90 Å². The van der Waals surface area contributed by atoms with E-state index in [-0.39, 0.29) is 9.92 Å². The predicted molar refractivity (Wildman–Crippen MR) is 135 cm³/mol. The Bertz CT molecular complexity index is 1350. The number of hydrogen-bond donors (Lipinski definition) is 0. The highest BCUT2D eigenvalue weighted by molar-refractivity contribution is 9.10. The van der Waals surface area contributed by atoms with E-state index >= 15 is 0 Å². The maximum Gasteiger partial charge on any atom is 0.236 e. The molecule has 4 aromatic rings. The zero-order valence-electron chi connectivity index (χ0n) is 18.5. The molecule has 0 spiro atoms. The number of nitrogens with zero attached hydrogens (tertiary/aromatic N) is 3. The molecule has 0 atom stereocenters. The van der Waals surface area contributed by atoms with E-state index in [0.29, 0.717) is 24.9 Å². The van der Waals surface area contributed by atoms with E-state index in [1.54, 1.807) is 30.3 Å². The summed E-state index contributed by atoms with van der Waals surface area (Å²) in [5.74, 6) is 0.602. The van der Waals surface area contributed by atoms with Crippen LogP contribution in [0.15, 0.2) is 104 Å². The van der Waals surface area contributed by atoms with Gasteiger partial charge in [-0.2, -0.15) is 4.98 Å². The van der Waals surface area contributed by atoms with Crippen LogP contribution >= 0.6 is 15.9 Å². The highest BCUT2D eigenvalue weighted by atomic mass is 79.9. The number of halogens is 1. The van der Waals surface area contributed by atoms with Gasteiger partial charge in [0.25, 0.3) is 0 Å². The summed E-state index contributed by atoms with van der Waals surface area (Å²) in [7, 11) is -3.85. The summed E-state index contributed by atoms with van der Waals surface area (Å²) < 4.78 is 34.1. The Hall–Kier alpha value is -2.94. The van der Waals surface area contributed by atoms with Gasteiger partial charge in [0, 0.05) is 42.8 Å². The van der Waals surface area contributed by atoms with Crippen LogP contribution in [0, 0.1) is 0 Å². The zero-order valence-corrected chi connectivity index (χ0v) is 20.9. The number of anilines is 1. The van der Waals surface area contributed by atoms with Gasteiger partial charge in [-0.1, -0.05) is 64.5 Å². The first-order chi connectivity index (χ1) is 16.5. The molecule has 174 valence electrons. The number of aromatic nitrogens is 1. The van der Waals surface area contributed by atoms with Gasteiger partial charge in [-0.25, -0.2) is 8.42 Å². The van der Waals surface area contributed by atoms with Gasteiger partial charge in [0.15, 0.2) is 0 Å². The Labute approximate surface area is 207 Å². The van der Waals surface area contributed by atoms with Crippen LogP contribution in [0.4, 0.5) is 5.88 Å². The van der Waals surface area contributed by atoms with Crippen molar-refractivity contribution in [3.05, 3.63) is 95.0 Å². The molecule has 8 heteroatoms. The van der Waals surface area contributed by atoms with Crippen LogP contribution in [0.5, 0.6) is 0 Å². The first-order valence-electron chi connectivity index (χ1n) is 11.1. The minimum Gasteiger partial charge on any atom is -0.419 e. The van der Waals surface area contributed by atoms with Gasteiger partial charge in [-0.15, -0.1) is 0 Å². The molecule has 0 aliphatic carbocycles. The highest BCUT2D eigenvalue weighted by Crippen LogP contribution is 2.35. The third-order valence-electron chi connectivity index (χ3n) is 5.89. The Morgan fingerprint density at radius 3 is 2.09 bits per heavy atom. The third-order valence-corrected chi connectivity index (χ3v) is 8.08. The number of rotatable bonds is 6. The number of benzene rings is 3. The Morgan fingerprint density at radius 2 is 1.44 bits per heavy atom. The van der Waals surface area contributed by atoms with Crippen molar-refractivity contribution in [2.45, 2.75) is 16.5 Å². The fraction of sp³-hybridized carbons (Fsp3) is 0.192. The lowest BCUT2D eigenvalue weighted by molar-refractivity contribution is 0.245. The first kappa shape index (κ1) is 22.8. The van der Waals surface area contributed by atoms with E-state index in [4.69, 9.17) is 4.42 Å². The van der Waals surface area contributed by atoms with Crippen molar-refractivity contribution in [1.29, 1.82) is 0 Å². The molecule has 2 heterocycles. The maximum atomic E-state index is 13.5. The highest BCUT2D eigenvalue weighted by Gasteiger charge is 2.32. The lowest BCUT2D eigenvalue weighted by atomic mass is 10.2. The summed E-state index contributed by atoms with van der Waals surface area (Å²) in [5.41, 5.74) is 1.99. The Kier molecular flexibility index (Phi) is 6.54. The molecule has 0 saturated carbocycles. The monoisotopic (exact) mass is 537 g/mol. The molecule has 1 aromatic heterocycles. The minimum atomic E-state index is -3.85. The molecule has 1 saturated heterocycles. The van der Waals surface area contributed by atoms with Crippen molar-refractivity contribution in [1.82, 2.24) is 9.88 Å². The topological polar surface area (TPSA) is 66.7 Å². The molecular formula is C26H24BrN3O3S. The van der Waals surface area contributed by atoms with Gasteiger partial charge in [-0.05, 0) is 42.0 Å². The number of piperazine rings is 1. The van der Waals surface area contributed by atoms with Gasteiger partial charge in [0.1, 0.15) is 0 Å². The van der Waals surface area contributed by atoms with Gasteiger partial charge >= 0.3 is 0 Å². The molecule has 34 heavy (non-hydrogen) atoms. The van der Waals surface area contributed by atoms with Gasteiger partial charge in [0.2, 0.25) is 26.6 Å². The number of oxazole rings is 1. The van der Waals surface area contributed by atoms with Crippen LogP contribution in [0.3, 0.4) is 0 Å². The van der Waals surface area contributed by atoms with E-state index in [0.717, 1.165) is 29.7 Å². The van der Waals surface area contributed by atoms with Crippen LogP contribution in [-0.4, -0.2) is 44.5 Å². The van der Waals surface area contributed by atoms with Crippen LogP contribution in [0.25, 0.3) is 11.5 Å². The van der Waals surface area contributed by atoms with E-state index in [1.807, 2.05) is 47.4 Å². The second-order valence-electron chi connectivity index (χ2n) is 8.20. The largest absolute Gasteiger partial charge is 0.419 e. The molecule has 1 fully saturated rings. The molecule has 6 nitrogen and oxygen atoms in total. The summed E-state index contributed by atoms with van der Waals surface area (Å²) in [6.07, 6.45) is 0. The van der Waals surface area contributed by atoms with Crippen molar-refractivity contribution in [2.75, 3.05) is 31.1 Å². The molecule has 1 aliphatic heterocycles. The molecule has 1 aliphatic rings. The smallest absolute Gasteiger partial charge is 0.236 e. The average Bonchev–Trinajstić information content (AvgIpc) is 3.33. The maximum absolute atomic E-state index is 13.5. The van der Waals surface area contributed by atoms with E-state index < -0.39 is 9.84 Å². The van der Waals surface area contributed by atoms with Gasteiger partial charge in [-0.3, -0.25) is 4.90 Å². The second-order valence-corrected chi connectivity index (χ2v) is 11.0. The lowest BCUT2D eigenvalue weighted by Gasteiger charge is -2.34. The normalized spacial score (nSPS) is 14.9. The van der Waals surface area contributed by atoms with Crippen molar-refractivity contribution in [2.24, 2.45) is 0 Å². The van der Waals surface area contributed by atoms with Crippen molar-refractivity contribution in [3.63, 3.8) is 0 Å². The molecular weight excluding hydrogens is 514 g/mol. The molecule has 5 rings (SSSR count). The first-order valence-corrected chi connectivity index (χ1v) is 13.4. The molecule has 0 radical (unpaired) electrons. The SMILES string of the molecule is O=S(=O)(c1ccccc1)c1nc(-c2ccc(Br)cc2)oc1N1CCN(Cc2ccccc2)CC1. The van der Waals surface area contributed by atoms with Crippen molar-refractivity contribution >= 4 is 31.7 Å². The summed E-state index contributed by atoms with van der Waals surface area (Å²) in [6.45, 7) is 3.77. The minimum absolute atomic E-state index is 0.0341. The fourth-order valence-electron chi connectivity index (χ4n) is 4.05. The van der Waals surface area contributed by atoms with Crippen molar-refractivity contribution < 1.29 is 12.8 Å². The van der Waals surface area contributed by atoms with E-state index in [1.165, 1.54) is 5.56 Å². The Morgan fingerprint density at radius 1 is 0.824 bits per heavy atom. The number of sulfone groups is 1. The predicted octanol–water partition coefficient (Wildman–Crippen LogP) is 5.26. The Balaban J connectivity index is 1.45. The van der Waals surface area contributed by atoms with E-state index in [9.17, 15) is 8.42 Å². The average molecular weight is 538 g/mol. The molecule has 3 aromatic carbocycles. The van der Waals surface area contributed by atoms with Crippen LogP contribution in [-0.2, 0) is 16.4 Å². The lowest BCUT2D eigenvalue weighted by Crippen LogP contribution is -2.46. The molecule has 0 unspecified atom stereocenters. The summed E-state index contributed by atoms with van der Waals surface area (Å²) >= 11 is 3.43.